The van der Waals surface area contributed by atoms with E-state index in [2.05, 4.69) is 10.4 Å². The summed E-state index contributed by atoms with van der Waals surface area (Å²) in [7, 11) is 0. The number of nitrogens with zero attached hydrogens (tertiary/aromatic N) is 1. The van der Waals surface area contributed by atoms with Crippen LogP contribution in [0.5, 0.6) is 0 Å². The van der Waals surface area contributed by atoms with Crippen molar-refractivity contribution < 1.29 is 0 Å². The fourth-order valence-electron chi connectivity index (χ4n) is 1.50. The van der Waals surface area contributed by atoms with E-state index in [1.54, 1.807) is 23.6 Å². The molecule has 17 heavy (non-hydrogen) atoms. The lowest BCUT2D eigenvalue weighted by atomic mass is 10.1. The van der Waals surface area contributed by atoms with Crippen LogP contribution in [0, 0.1) is 0 Å². The van der Waals surface area contributed by atoms with Gasteiger partial charge in [0.1, 0.15) is 0 Å². The molecule has 2 rings (SSSR count). The fourth-order valence-corrected chi connectivity index (χ4v) is 2.75. The molecule has 0 amide bonds. The zero-order chi connectivity index (χ0) is 12.3. The van der Waals surface area contributed by atoms with Crippen LogP contribution < -0.4 is 11.3 Å². The standard InChI is InChI=1S/C11H11Cl2N3S/c12-7-1-3-9(15-6-7)10(16-14)5-8-2-4-11(13)17-8/h1-4,6,10,16H,5,14H2. The van der Waals surface area contributed by atoms with Crippen LogP contribution in [0.15, 0.2) is 30.5 Å². The van der Waals surface area contributed by atoms with Gasteiger partial charge in [-0.3, -0.25) is 16.3 Å². The minimum atomic E-state index is -0.0398. The molecule has 0 saturated carbocycles. The molecule has 0 saturated heterocycles. The van der Waals surface area contributed by atoms with Crippen LogP contribution in [0.3, 0.4) is 0 Å². The van der Waals surface area contributed by atoms with Gasteiger partial charge in [-0.2, -0.15) is 0 Å². The molecule has 2 aromatic heterocycles. The summed E-state index contributed by atoms with van der Waals surface area (Å²) in [6.45, 7) is 0. The van der Waals surface area contributed by atoms with Crippen molar-refractivity contribution in [3.05, 3.63) is 50.4 Å². The summed E-state index contributed by atoms with van der Waals surface area (Å²) in [4.78, 5) is 5.41. The lowest BCUT2D eigenvalue weighted by Crippen LogP contribution is -2.30. The summed E-state index contributed by atoms with van der Waals surface area (Å²) < 4.78 is 0.778. The molecule has 0 aromatic carbocycles. The SMILES string of the molecule is NNC(Cc1ccc(Cl)s1)c1ccc(Cl)cn1. The highest BCUT2D eigenvalue weighted by atomic mass is 35.5. The van der Waals surface area contributed by atoms with Crippen molar-refractivity contribution in [1.29, 1.82) is 0 Å². The molecule has 0 fully saturated rings. The third-order valence-corrected chi connectivity index (χ3v) is 3.82. The van der Waals surface area contributed by atoms with E-state index in [9.17, 15) is 0 Å². The number of hydrogen-bond donors (Lipinski definition) is 2. The van der Waals surface area contributed by atoms with Crippen molar-refractivity contribution >= 4 is 34.5 Å². The number of rotatable bonds is 4. The molecule has 2 aromatic rings. The molecule has 3 N–H and O–H groups in total. The highest BCUT2D eigenvalue weighted by Gasteiger charge is 2.13. The van der Waals surface area contributed by atoms with Crippen molar-refractivity contribution in [3.8, 4) is 0 Å². The minimum Gasteiger partial charge on any atom is -0.271 e. The molecule has 0 radical (unpaired) electrons. The van der Waals surface area contributed by atoms with Gasteiger partial charge in [0.2, 0.25) is 0 Å². The second kappa shape index (κ2) is 5.80. The number of hydrogen-bond acceptors (Lipinski definition) is 4. The third-order valence-electron chi connectivity index (χ3n) is 2.34. The Balaban J connectivity index is 2.13. The third kappa shape index (κ3) is 3.40. The molecule has 0 aliphatic heterocycles. The quantitative estimate of drug-likeness (QED) is 0.671. The molecule has 6 heteroatoms. The van der Waals surface area contributed by atoms with E-state index in [0.717, 1.165) is 21.3 Å². The van der Waals surface area contributed by atoms with Crippen molar-refractivity contribution in [2.45, 2.75) is 12.5 Å². The van der Waals surface area contributed by atoms with Crippen molar-refractivity contribution in [2.75, 3.05) is 0 Å². The number of hydrazine groups is 1. The van der Waals surface area contributed by atoms with Gasteiger partial charge in [-0.05, 0) is 24.3 Å². The lowest BCUT2D eigenvalue weighted by molar-refractivity contribution is 0.542. The van der Waals surface area contributed by atoms with Gasteiger partial charge in [0, 0.05) is 17.5 Å². The Morgan fingerprint density at radius 2 is 2.12 bits per heavy atom. The smallest absolute Gasteiger partial charge is 0.0931 e. The summed E-state index contributed by atoms with van der Waals surface area (Å²) >= 11 is 13.2. The van der Waals surface area contributed by atoms with E-state index in [-0.39, 0.29) is 6.04 Å². The van der Waals surface area contributed by atoms with Gasteiger partial charge in [0.05, 0.1) is 21.1 Å². The van der Waals surface area contributed by atoms with E-state index in [1.165, 1.54) is 0 Å². The Labute approximate surface area is 114 Å². The van der Waals surface area contributed by atoms with Crippen LogP contribution in [0.1, 0.15) is 16.6 Å². The first-order valence-corrected chi connectivity index (χ1v) is 6.58. The van der Waals surface area contributed by atoms with Crippen molar-refractivity contribution in [2.24, 2.45) is 5.84 Å². The van der Waals surface area contributed by atoms with E-state index in [1.807, 2.05) is 18.2 Å². The Hall–Kier alpha value is -0.650. The maximum atomic E-state index is 5.89. The molecule has 0 bridgehead atoms. The number of nitrogens with two attached hydrogens (primary N) is 1. The first-order valence-electron chi connectivity index (χ1n) is 5.01. The highest BCUT2D eigenvalue weighted by Crippen LogP contribution is 2.26. The summed E-state index contributed by atoms with van der Waals surface area (Å²) in [6.07, 6.45) is 2.37. The summed E-state index contributed by atoms with van der Waals surface area (Å²) in [5, 5.41) is 0.615. The predicted octanol–water partition coefficient (Wildman–Crippen LogP) is 3.20. The van der Waals surface area contributed by atoms with Gasteiger partial charge in [-0.25, -0.2) is 0 Å². The van der Waals surface area contributed by atoms with E-state index >= 15 is 0 Å². The zero-order valence-electron chi connectivity index (χ0n) is 8.86. The van der Waals surface area contributed by atoms with Crippen LogP contribution in [-0.4, -0.2) is 4.98 Å². The van der Waals surface area contributed by atoms with Crippen molar-refractivity contribution in [1.82, 2.24) is 10.4 Å². The maximum absolute atomic E-state index is 5.89. The van der Waals surface area contributed by atoms with Gasteiger partial charge >= 0.3 is 0 Å². The van der Waals surface area contributed by atoms with Gasteiger partial charge in [-0.1, -0.05) is 23.2 Å². The van der Waals surface area contributed by atoms with Crippen LogP contribution in [0.2, 0.25) is 9.36 Å². The number of thiophene rings is 1. The first-order chi connectivity index (χ1) is 8.19. The topological polar surface area (TPSA) is 50.9 Å². The molecule has 2 heterocycles. The van der Waals surface area contributed by atoms with E-state index in [0.29, 0.717) is 5.02 Å². The van der Waals surface area contributed by atoms with Gasteiger partial charge < -0.3 is 0 Å². The van der Waals surface area contributed by atoms with Crippen LogP contribution >= 0.6 is 34.5 Å². The summed E-state index contributed by atoms with van der Waals surface area (Å²) in [5.41, 5.74) is 3.62. The van der Waals surface area contributed by atoms with Gasteiger partial charge in [-0.15, -0.1) is 11.3 Å². The summed E-state index contributed by atoms with van der Waals surface area (Å²) in [5.74, 6) is 5.55. The monoisotopic (exact) mass is 287 g/mol. The average Bonchev–Trinajstić information content (AvgIpc) is 2.73. The molecule has 0 aliphatic rings. The molecule has 1 atom stereocenters. The van der Waals surface area contributed by atoms with E-state index in [4.69, 9.17) is 29.0 Å². The minimum absolute atomic E-state index is 0.0398. The highest BCUT2D eigenvalue weighted by molar-refractivity contribution is 7.16. The normalized spacial score (nSPS) is 12.6. The molecule has 0 spiro atoms. The zero-order valence-corrected chi connectivity index (χ0v) is 11.2. The molecule has 90 valence electrons. The van der Waals surface area contributed by atoms with Crippen LogP contribution in [0.25, 0.3) is 0 Å². The molecular formula is C11H11Cl2N3S. The maximum Gasteiger partial charge on any atom is 0.0931 e. The first kappa shape index (κ1) is 12.8. The molecule has 0 aliphatic carbocycles. The fraction of sp³-hybridized carbons (Fsp3) is 0.182. The molecule has 1 unspecified atom stereocenters. The summed E-state index contributed by atoms with van der Waals surface area (Å²) in [6, 6.07) is 7.50. The molecular weight excluding hydrogens is 277 g/mol. The van der Waals surface area contributed by atoms with Crippen LogP contribution in [-0.2, 0) is 6.42 Å². The van der Waals surface area contributed by atoms with Gasteiger partial charge in [0.25, 0.3) is 0 Å². The Bertz CT molecular complexity index is 484. The van der Waals surface area contributed by atoms with Crippen molar-refractivity contribution in [3.63, 3.8) is 0 Å². The second-order valence-corrected chi connectivity index (χ2v) is 5.77. The number of nitrogens with one attached hydrogen (secondary N) is 1. The predicted molar refractivity (Wildman–Crippen MR) is 72.3 cm³/mol. The average molecular weight is 288 g/mol. The van der Waals surface area contributed by atoms with Crippen LogP contribution in [0.4, 0.5) is 0 Å². The Morgan fingerprint density at radius 3 is 2.65 bits per heavy atom. The largest absolute Gasteiger partial charge is 0.271 e. The molecule has 3 nitrogen and oxygen atoms in total. The number of pyridine rings is 1. The number of aromatic nitrogens is 1. The number of halogens is 2. The van der Waals surface area contributed by atoms with E-state index < -0.39 is 0 Å². The Morgan fingerprint density at radius 1 is 1.29 bits per heavy atom. The lowest BCUT2D eigenvalue weighted by Gasteiger charge is -2.14. The second-order valence-electron chi connectivity index (χ2n) is 3.53. The Kier molecular flexibility index (Phi) is 4.36. The van der Waals surface area contributed by atoms with Gasteiger partial charge in [0.15, 0.2) is 0 Å².